The molecule has 0 N–H and O–H groups in total. The number of rotatable bonds is 16. The van der Waals surface area contributed by atoms with E-state index < -0.39 is 16.6 Å². The van der Waals surface area contributed by atoms with Crippen LogP contribution in [0.3, 0.4) is 0 Å². The molecule has 0 aromatic carbocycles. The van der Waals surface area contributed by atoms with Gasteiger partial charge in [-0.05, 0) is 99.0 Å². The highest BCUT2D eigenvalue weighted by Gasteiger charge is 2.49. The minimum Gasteiger partial charge on any atom is -0.469 e. The van der Waals surface area contributed by atoms with E-state index in [2.05, 4.69) is 99.0 Å². The van der Waals surface area contributed by atoms with Crippen LogP contribution in [0.4, 0.5) is 0 Å². The average molecular weight is 656 g/mol. The molecule has 0 spiro atoms. The molecule has 0 aliphatic heterocycles. The predicted octanol–water partition coefficient (Wildman–Crippen LogP) is 11.2. The molecular weight excluding hydrogens is 588 g/mol. The largest absolute Gasteiger partial charge is 0.469 e. The van der Waals surface area contributed by atoms with Gasteiger partial charge in [-0.1, -0.05) is 85.6 Å². The second-order valence-corrected chi connectivity index (χ2v) is 26.7. The van der Waals surface area contributed by atoms with Gasteiger partial charge < -0.3 is 13.6 Å². The fourth-order valence-corrected chi connectivity index (χ4v) is 9.56. The Morgan fingerprint density at radius 3 is 2.14 bits per heavy atom. The topological polar surface area (TPSA) is 44.8 Å². The van der Waals surface area contributed by atoms with Crippen LogP contribution in [0.15, 0.2) is 24.3 Å². The Hall–Kier alpha value is -0.406. The van der Waals surface area contributed by atoms with Crippen LogP contribution in [0.5, 0.6) is 0 Å². The summed E-state index contributed by atoms with van der Waals surface area (Å²) in [6.45, 7) is 25.9. The quantitative estimate of drug-likeness (QED) is 0.0546. The summed E-state index contributed by atoms with van der Waals surface area (Å²) in [6.07, 6.45) is 21.2. The Morgan fingerprint density at radius 2 is 1.63 bits per heavy atom. The smallest absolute Gasteiger partial charge is 0.305 e. The van der Waals surface area contributed by atoms with E-state index in [1.54, 1.807) is 0 Å². The zero-order chi connectivity index (χ0) is 32.7. The average Bonchev–Trinajstić information content (AvgIpc) is 3.14. The molecule has 2 aliphatic rings. The maximum absolute atomic E-state index is 11.5. The lowest BCUT2D eigenvalue weighted by Gasteiger charge is -2.51. The van der Waals surface area contributed by atoms with Crippen LogP contribution in [0.2, 0.25) is 36.3 Å². The number of methoxy groups -OCH3 is 1. The molecule has 0 saturated heterocycles. The molecule has 5 atom stereocenters. The molecule has 2 fully saturated rings. The number of unbranched alkanes of at least 4 members (excludes halogenated alkanes) is 1. The Kier molecular flexibility index (Phi) is 14.4. The van der Waals surface area contributed by atoms with Gasteiger partial charge in [0.2, 0.25) is 0 Å². The van der Waals surface area contributed by atoms with Crippen LogP contribution in [0, 0.1) is 17.3 Å². The Bertz CT molecular complexity index is 927. The highest BCUT2D eigenvalue weighted by Crippen LogP contribution is 2.52. The van der Waals surface area contributed by atoms with Crippen molar-refractivity contribution < 1.29 is 18.4 Å². The third kappa shape index (κ3) is 10.6. The molecule has 0 aromatic heterocycles. The van der Waals surface area contributed by atoms with Crippen molar-refractivity contribution in [3.63, 3.8) is 0 Å². The van der Waals surface area contributed by atoms with Crippen LogP contribution in [-0.4, -0.2) is 47.3 Å². The van der Waals surface area contributed by atoms with Gasteiger partial charge in [0.15, 0.2) is 16.6 Å². The third-order valence-electron chi connectivity index (χ3n) is 11.4. The van der Waals surface area contributed by atoms with Gasteiger partial charge >= 0.3 is 5.97 Å². The molecule has 43 heavy (non-hydrogen) atoms. The van der Waals surface area contributed by atoms with Crippen molar-refractivity contribution >= 4 is 34.2 Å². The lowest BCUT2D eigenvalue weighted by Crippen LogP contribution is -2.51. The number of hydrogen-bond acceptors (Lipinski definition) is 4. The molecule has 0 radical (unpaired) electrons. The summed E-state index contributed by atoms with van der Waals surface area (Å²) in [5.74, 6) is 0.477. The minimum absolute atomic E-state index is 0.0847. The molecule has 2 aliphatic carbocycles. The highest BCUT2D eigenvalue weighted by molar-refractivity contribution is 6.74. The van der Waals surface area contributed by atoms with E-state index in [4.69, 9.17) is 25.2 Å². The second kappa shape index (κ2) is 15.9. The number of halogens is 1. The van der Waals surface area contributed by atoms with E-state index in [1.807, 2.05) is 0 Å². The van der Waals surface area contributed by atoms with Crippen LogP contribution in [-0.2, 0) is 18.4 Å². The van der Waals surface area contributed by atoms with Crippen LogP contribution in [0.25, 0.3) is 0 Å². The first-order chi connectivity index (χ1) is 19.8. The van der Waals surface area contributed by atoms with Gasteiger partial charge in [-0.15, -0.1) is 11.6 Å². The summed E-state index contributed by atoms with van der Waals surface area (Å²) in [5, 5.41) is 0.431. The van der Waals surface area contributed by atoms with Gasteiger partial charge in [0, 0.05) is 17.7 Å². The molecule has 0 heterocycles. The Balaban J connectivity index is 2.29. The van der Waals surface area contributed by atoms with Crippen molar-refractivity contribution in [2.24, 2.45) is 17.3 Å². The minimum atomic E-state index is -1.96. The van der Waals surface area contributed by atoms with E-state index in [-0.39, 0.29) is 39.5 Å². The lowest BCUT2D eigenvalue weighted by molar-refractivity contribution is -0.140. The van der Waals surface area contributed by atoms with Gasteiger partial charge in [0.25, 0.3) is 0 Å². The van der Waals surface area contributed by atoms with Gasteiger partial charge in [0.1, 0.15) is 0 Å². The molecule has 1 unspecified atom stereocenters. The van der Waals surface area contributed by atoms with Crippen molar-refractivity contribution in [1.82, 2.24) is 0 Å². The SMILES string of the molecule is CCCC1(C(C/C=C/[C@@H]2[C@@H](C/C=C\CCCC(=O)OC)[C@@H](Cl)C[C@H]2O[Si](C)(C)C(C)(C)C)O[Si](C)(C)C(C)(C)C)CCC1. The van der Waals surface area contributed by atoms with Gasteiger partial charge in [-0.2, -0.15) is 0 Å². The van der Waals surface area contributed by atoms with Crippen molar-refractivity contribution in [3.05, 3.63) is 24.3 Å². The van der Waals surface area contributed by atoms with E-state index in [1.165, 1.54) is 39.2 Å². The molecule has 0 bridgehead atoms. The fraction of sp³-hybridized carbons (Fsp3) is 0.861. The molecule has 7 heteroatoms. The predicted molar refractivity (Wildman–Crippen MR) is 190 cm³/mol. The monoisotopic (exact) mass is 654 g/mol. The summed E-state index contributed by atoms with van der Waals surface area (Å²) < 4.78 is 19.1. The molecule has 2 rings (SSSR count). The van der Waals surface area contributed by atoms with E-state index in [9.17, 15) is 4.79 Å². The maximum atomic E-state index is 11.5. The molecule has 4 nitrogen and oxygen atoms in total. The van der Waals surface area contributed by atoms with Crippen molar-refractivity contribution in [1.29, 1.82) is 0 Å². The van der Waals surface area contributed by atoms with E-state index in [0.29, 0.717) is 17.8 Å². The number of allylic oxidation sites excluding steroid dienone is 2. The van der Waals surface area contributed by atoms with Crippen LogP contribution >= 0.6 is 11.6 Å². The Labute approximate surface area is 273 Å². The van der Waals surface area contributed by atoms with Gasteiger partial charge in [-0.25, -0.2) is 0 Å². The first-order valence-electron chi connectivity index (χ1n) is 17.2. The van der Waals surface area contributed by atoms with Crippen LogP contribution in [0.1, 0.15) is 119 Å². The van der Waals surface area contributed by atoms with E-state index in [0.717, 1.165) is 32.1 Å². The van der Waals surface area contributed by atoms with Crippen molar-refractivity contribution in [2.45, 2.75) is 173 Å². The summed E-state index contributed by atoms with van der Waals surface area (Å²) in [4.78, 5) is 11.5. The number of alkyl halides is 1. The summed E-state index contributed by atoms with van der Waals surface area (Å²) in [6, 6.07) is 0. The third-order valence-corrected chi connectivity index (χ3v) is 20.9. The number of hydrogen-bond donors (Lipinski definition) is 0. The molecule has 250 valence electrons. The van der Waals surface area contributed by atoms with E-state index >= 15 is 0 Å². The summed E-state index contributed by atoms with van der Waals surface area (Å²) in [5.41, 5.74) is 0.322. The fourth-order valence-electron chi connectivity index (χ4n) is 6.34. The lowest BCUT2D eigenvalue weighted by atomic mass is 9.62. The summed E-state index contributed by atoms with van der Waals surface area (Å²) >= 11 is 7.12. The zero-order valence-corrected chi connectivity index (χ0v) is 32.7. The molecule has 0 amide bonds. The number of esters is 1. The standard InChI is InChI=1S/C36H67ClO4Si2/c1-13-24-36(25-19-26-36)32(41-43(11,12)35(5,6)7)22-18-21-29-28(20-16-14-15-17-23-33(38)39-8)30(37)27-31(29)40-42(9,10)34(2,3)4/h14,16,18,21,28-32H,13,15,17,19-20,22-27H2,1-12H3/b16-14-,21-18+/t28-,29-,30+,31-,32?/m1/s1. The van der Waals surface area contributed by atoms with Gasteiger partial charge in [-0.3, -0.25) is 4.79 Å². The zero-order valence-electron chi connectivity index (χ0n) is 30.0. The molecule has 0 aromatic rings. The highest BCUT2D eigenvalue weighted by atomic mass is 35.5. The first kappa shape index (κ1) is 38.8. The van der Waals surface area contributed by atoms with Crippen molar-refractivity contribution in [3.8, 4) is 0 Å². The second-order valence-electron chi connectivity index (χ2n) is 16.6. The summed E-state index contributed by atoms with van der Waals surface area (Å²) in [7, 11) is -2.42. The molecular formula is C36H67ClO4Si2. The maximum Gasteiger partial charge on any atom is 0.305 e. The van der Waals surface area contributed by atoms with Crippen LogP contribution < -0.4 is 0 Å². The number of carbonyl (C=O) groups excluding carboxylic acids is 1. The normalized spacial score (nSPS) is 25.8. The number of carbonyl (C=O) groups is 1. The van der Waals surface area contributed by atoms with Gasteiger partial charge in [0.05, 0.1) is 19.3 Å². The molecule has 2 saturated carbocycles. The Morgan fingerprint density at radius 1 is 1.00 bits per heavy atom. The number of ether oxygens (including phenoxy) is 1. The van der Waals surface area contributed by atoms with Crippen molar-refractivity contribution in [2.75, 3.05) is 7.11 Å². The first-order valence-corrected chi connectivity index (χ1v) is 23.4.